The van der Waals surface area contributed by atoms with Crippen molar-refractivity contribution in [1.82, 2.24) is 19.7 Å². The first kappa shape index (κ1) is 28.9. The summed E-state index contributed by atoms with van der Waals surface area (Å²) in [6.45, 7) is 9.39. The molecule has 0 unspecified atom stereocenters. The van der Waals surface area contributed by atoms with Gasteiger partial charge in [0.05, 0.1) is 17.6 Å². The van der Waals surface area contributed by atoms with Crippen LogP contribution in [0, 0.1) is 0 Å². The number of carbonyl (C=O) groups is 2. The van der Waals surface area contributed by atoms with Gasteiger partial charge in [-0.3, -0.25) is 14.6 Å². The lowest BCUT2D eigenvalue weighted by Gasteiger charge is -2.11. The summed E-state index contributed by atoms with van der Waals surface area (Å²) < 4.78 is 41.6. The first-order chi connectivity index (χ1) is 17.7. The molecule has 0 spiro atoms. The summed E-state index contributed by atoms with van der Waals surface area (Å²) in [7, 11) is 0. The second kappa shape index (κ2) is 13.1. The zero-order valence-corrected chi connectivity index (χ0v) is 21.2. The molecular formula is C27H28F3N5O2. The summed E-state index contributed by atoms with van der Waals surface area (Å²) in [6, 6.07) is 13.0. The number of anilines is 1. The molecule has 0 aliphatic heterocycles. The standard InChI is InChI=1S/C23H16F3N5O2.2C2H6/c1-14(32)15-4-2-5-16(10-15)22(33)29-21-8-7-18(13-28-21)31-20(23(24,25)26)11-19(30-31)17-6-3-9-27-12-17;2*1-2/h2-13H,1H3,(H,28,29,33);2*1-2H3. The van der Waals surface area contributed by atoms with Gasteiger partial charge in [-0.15, -0.1) is 0 Å². The second-order valence-corrected chi connectivity index (χ2v) is 7.06. The predicted molar refractivity (Wildman–Crippen MR) is 137 cm³/mol. The van der Waals surface area contributed by atoms with Crippen LogP contribution in [0.2, 0.25) is 0 Å². The van der Waals surface area contributed by atoms with Crippen LogP contribution in [-0.4, -0.2) is 31.4 Å². The van der Waals surface area contributed by atoms with Crippen molar-refractivity contribution in [2.24, 2.45) is 0 Å². The van der Waals surface area contributed by atoms with Crippen molar-refractivity contribution in [2.75, 3.05) is 5.32 Å². The Labute approximate surface area is 213 Å². The molecule has 0 saturated carbocycles. The number of rotatable bonds is 5. The summed E-state index contributed by atoms with van der Waals surface area (Å²) in [5, 5.41) is 6.64. The Hall–Kier alpha value is -4.34. The highest BCUT2D eigenvalue weighted by Crippen LogP contribution is 2.34. The Morgan fingerprint density at radius 1 is 0.892 bits per heavy atom. The molecular weight excluding hydrogens is 483 g/mol. The maximum atomic E-state index is 13.6. The van der Waals surface area contributed by atoms with E-state index in [-0.39, 0.29) is 28.5 Å². The highest BCUT2D eigenvalue weighted by Gasteiger charge is 2.36. The van der Waals surface area contributed by atoms with E-state index in [0.29, 0.717) is 11.1 Å². The normalized spacial score (nSPS) is 10.4. The van der Waals surface area contributed by atoms with Crippen LogP contribution in [0.25, 0.3) is 16.9 Å². The van der Waals surface area contributed by atoms with Crippen LogP contribution in [0.5, 0.6) is 0 Å². The zero-order valence-electron chi connectivity index (χ0n) is 21.2. The van der Waals surface area contributed by atoms with Gasteiger partial charge in [0.2, 0.25) is 0 Å². The fourth-order valence-electron chi connectivity index (χ4n) is 3.09. The summed E-state index contributed by atoms with van der Waals surface area (Å²) in [5.74, 6) is -0.560. The zero-order chi connectivity index (χ0) is 27.6. The number of benzene rings is 1. The first-order valence-corrected chi connectivity index (χ1v) is 11.7. The van der Waals surface area contributed by atoms with Crippen LogP contribution in [-0.2, 0) is 6.18 Å². The average molecular weight is 512 g/mol. The van der Waals surface area contributed by atoms with Crippen LogP contribution in [0.15, 0.2) is 73.2 Å². The topological polar surface area (TPSA) is 89.8 Å². The molecule has 0 fully saturated rings. The molecule has 0 aliphatic carbocycles. The van der Waals surface area contributed by atoms with Gasteiger partial charge < -0.3 is 5.32 Å². The number of nitrogens with one attached hydrogen (secondary N) is 1. The number of aromatic nitrogens is 4. The van der Waals surface area contributed by atoms with Gasteiger partial charge >= 0.3 is 6.18 Å². The number of alkyl halides is 3. The van der Waals surface area contributed by atoms with E-state index in [4.69, 9.17) is 0 Å². The number of ketones is 1. The van der Waals surface area contributed by atoms with Crippen molar-refractivity contribution < 1.29 is 22.8 Å². The number of halogens is 3. The van der Waals surface area contributed by atoms with Gasteiger partial charge in [0.15, 0.2) is 5.78 Å². The highest BCUT2D eigenvalue weighted by atomic mass is 19.4. The van der Waals surface area contributed by atoms with Crippen molar-refractivity contribution in [3.05, 3.63) is 90.0 Å². The fourth-order valence-corrected chi connectivity index (χ4v) is 3.09. The van der Waals surface area contributed by atoms with Gasteiger partial charge in [0, 0.05) is 29.1 Å². The van der Waals surface area contributed by atoms with E-state index in [0.717, 1.165) is 10.7 Å². The average Bonchev–Trinajstić information content (AvgIpc) is 3.38. The third-order valence-corrected chi connectivity index (χ3v) is 4.72. The molecule has 0 radical (unpaired) electrons. The Morgan fingerprint density at radius 3 is 2.16 bits per heavy atom. The molecule has 7 nitrogen and oxygen atoms in total. The molecule has 4 aromatic rings. The molecule has 37 heavy (non-hydrogen) atoms. The van der Waals surface area contributed by atoms with E-state index >= 15 is 0 Å². The minimum atomic E-state index is -4.65. The number of pyridine rings is 2. The smallest absolute Gasteiger partial charge is 0.307 e. The molecule has 194 valence electrons. The van der Waals surface area contributed by atoms with E-state index in [1.165, 1.54) is 49.8 Å². The maximum Gasteiger partial charge on any atom is 0.433 e. The minimum absolute atomic E-state index is 0.0639. The molecule has 0 atom stereocenters. The van der Waals surface area contributed by atoms with Crippen LogP contribution in [0.4, 0.5) is 19.0 Å². The largest absolute Gasteiger partial charge is 0.433 e. The first-order valence-electron chi connectivity index (χ1n) is 11.7. The third kappa shape index (κ3) is 7.33. The number of amides is 1. The van der Waals surface area contributed by atoms with Crippen molar-refractivity contribution in [1.29, 1.82) is 0 Å². The van der Waals surface area contributed by atoms with Gasteiger partial charge in [0.1, 0.15) is 11.5 Å². The summed E-state index contributed by atoms with van der Waals surface area (Å²) in [4.78, 5) is 31.9. The third-order valence-electron chi connectivity index (χ3n) is 4.72. The van der Waals surface area contributed by atoms with E-state index in [1.54, 1.807) is 24.3 Å². The van der Waals surface area contributed by atoms with E-state index in [1.807, 2.05) is 27.7 Å². The quantitative estimate of drug-likeness (QED) is 0.296. The monoisotopic (exact) mass is 511 g/mol. The number of carbonyl (C=O) groups excluding carboxylic acids is 2. The molecule has 10 heteroatoms. The van der Waals surface area contributed by atoms with Gasteiger partial charge in [-0.2, -0.15) is 18.3 Å². The molecule has 0 aliphatic rings. The van der Waals surface area contributed by atoms with Gasteiger partial charge in [-0.25, -0.2) is 9.67 Å². The highest BCUT2D eigenvalue weighted by molar-refractivity contribution is 6.05. The number of Topliss-reactive ketones (excluding diaryl/α,β-unsaturated/α-hetero) is 1. The molecule has 1 amide bonds. The predicted octanol–water partition coefficient (Wildman–Crippen LogP) is 6.86. The Bertz CT molecular complexity index is 1320. The van der Waals surface area contributed by atoms with Crippen LogP contribution in [0.3, 0.4) is 0 Å². The second-order valence-electron chi connectivity index (χ2n) is 7.06. The molecule has 3 aromatic heterocycles. The Kier molecular flexibility index (Phi) is 10.2. The minimum Gasteiger partial charge on any atom is -0.307 e. The maximum absolute atomic E-state index is 13.6. The van der Waals surface area contributed by atoms with Gasteiger partial charge in [-0.05, 0) is 49.4 Å². The summed E-state index contributed by atoms with van der Waals surface area (Å²) in [5.41, 5.74) is 0.273. The van der Waals surface area contributed by atoms with Crippen molar-refractivity contribution >= 4 is 17.5 Å². The van der Waals surface area contributed by atoms with Crippen molar-refractivity contribution in [3.63, 3.8) is 0 Å². The lowest BCUT2D eigenvalue weighted by Crippen LogP contribution is -2.15. The van der Waals surface area contributed by atoms with Crippen LogP contribution < -0.4 is 5.32 Å². The van der Waals surface area contributed by atoms with Gasteiger partial charge in [-0.1, -0.05) is 39.8 Å². The Balaban J connectivity index is 0.00000115. The van der Waals surface area contributed by atoms with E-state index in [9.17, 15) is 22.8 Å². The van der Waals surface area contributed by atoms with Gasteiger partial charge in [0.25, 0.3) is 5.91 Å². The molecule has 0 saturated heterocycles. The van der Waals surface area contributed by atoms with Crippen LogP contribution in [0.1, 0.15) is 61.0 Å². The number of hydrogen-bond donors (Lipinski definition) is 1. The summed E-state index contributed by atoms with van der Waals surface area (Å²) >= 11 is 0. The fraction of sp³-hybridized carbons (Fsp3) is 0.222. The number of hydrogen-bond acceptors (Lipinski definition) is 5. The SMILES string of the molecule is CC.CC.CC(=O)c1cccc(C(=O)Nc2ccc(-n3nc(-c4cccnc4)cc3C(F)(F)F)cn2)c1. The lowest BCUT2D eigenvalue weighted by atomic mass is 10.1. The molecule has 4 rings (SSSR count). The molecule has 1 aromatic carbocycles. The molecule has 0 bridgehead atoms. The van der Waals surface area contributed by atoms with Crippen LogP contribution >= 0.6 is 0 Å². The lowest BCUT2D eigenvalue weighted by molar-refractivity contribution is -0.142. The molecule has 1 N–H and O–H groups in total. The molecule has 3 heterocycles. The van der Waals surface area contributed by atoms with E-state index in [2.05, 4.69) is 20.4 Å². The van der Waals surface area contributed by atoms with E-state index < -0.39 is 17.8 Å². The summed E-state index contributed by atoms with van der Waals surface area (Å²) in [6.07, 6.45) is -0.539. The number of nitrogens with zero attached hydrogens (tertiary/aromatic N) is 4. The van der Waals surface area contributed by atoms with Crippen molar-refractivity contribution in [3.8, 4) is 16.9 Å². The van der Waals surface area contributed by atoms with Crippen molar-refractivity contribution in [2.45, 2.75) is 40.8 Å². The Morgan fingerprint density at radius 2 is 1.59 bits per heavy atom.